The van der Waals surface area contributed by atoms with Gasteiger partial charge in [0.15, 0.2) is 5.65 Å². The number of hydrogen-bond acceptors (Lipinski definition) is 4. The Morgan fingerprint density at radius 2 is 2.00 bits per heavy atom. The van der Waals surface area contributed by atoms with Gasteiger partial charge in [0, 0.05) is 24.8 Å². The molecule has 0 aliphatic carbocycles. The molecule has 1 N–H and O–H groups in total. The number of fused-ring (bicyclic) bond motifs is 1. The zero-order chi connectivity index (χ0) is 17.9. The number of halogens is 1. The van der Waals surface area contributed by atoms with E-state index in [4.69, 9.17) is 0 Å². The molecule has 6 nitrogen and oxygen atoms in total. The van der Waals surface area contributed by atoms with E-state index < -0.39 is 0 Å². The van der Waals surface area contributed by atoms with Crippen LogP contribution in [0, 0.1) is 5.82 Å². The van der Waals surface area contributed by atoms with Gasteiger partial charge in [-0.25, -0.2) is 13.9 Å². The molecule has 0 atom stereocenters. The van der Waals surface area contributed by atoms with Crippen molar-refractivity contribution in [3.63, 3.8) is 0 Å². The molecule has 26 heavy (non-hydrogen) atoms. The van der Waals surface area contributed by atoms with Gasteiger partial charge in [-0.15, -0.1) is 0 Å². The van der Waals surface area contributed by atoms with Gasteiger partial charge in [-0.3, -0.25) is 4.79 Å². The van der Waals surface area contributed by atoms with Crippen molar-refractivity contribution in [2.24, 2.45) is 0 Å². The highest BCUT2D eigenvalue weighted by Gasteiger charge is 2.18. The highest BCUT2D eigenvalue weighted by Crippen LogP contribution is 2.23. The van der Waals surface area contributed by atoms with Gasteiger partial charge in [-0.2, -0.15) is 5.10 Å². The van der Waals surface area contributed by atoms with E-state index in [2.05, 4.69) is 20.3 Å². The number of likely N-dealkylation sites (tertiary alicyclic amines) is 1. The summed E-state index contributed by atoms with van der Waals surface area (Å²) in [5.41, 5.74) is 1.79. The Hall–Kier alpha value is -2.80. The van der Waals surface area contributed by atoms with Gasteiger partial charge < -0.3 is 10.2 Å². The predicted octanol–water partition coefficient (Wildman–Crippen LogP) is 2.36. The number of carbonyl (C=O) groups excluding carboxylic acids is 1. The van der Waals surface area contributed by atoms with Gasteiger partial charge in [0.1, 0.15) is 11.4 Å². The molecule has 0 unspecified atom stereocenters. The average Bonchev–Trinajstić information content (AvgIpc) is 3.31. The predicted molar refractivity (Wildman–Crippen MR) is 96.4 cm³/mol. The van der Waals surface area contributed by atoms with E-state index in [1.807, 2.05) is 0 Å². The van der Waals surface area contributed by atoms with E-state index in [1.165, 1.54) is 29.6 Å². The fraction of sp³-hybridized carbons (Fsp3) is 0.316. The zero-order valence-corrected chi connectivity index (χ0v) is 14.4. The summed E-state index contributed by atoms with van der Waals surface area (Å²) >= 11 is 0. The van der Waals surface area contributed by atoms with Crippen molar-refractivity contribution in [2.45, 2.75) is 12.8 Å². The van der Waals surface area contributed by atoms with E-state index in [9.17, 15) is 9.18 Å². The molecule has 7 heteroatoms. The van der Waals surface area contributed by atoms with Crippen LogP contribution in [0.2, 0.25) is 0 Å². The lowest BCUT2D eigenvalue weighted by molar-refractivity contribution is 0.0951. The van der Waals surface area contributed by atoms with Crippen LogP contribution >= 0.6 is 0 Å². The molecule has 0 saturated carbocycles. The second kappa shape index (κ2) is 7.21. The zero-order valence-electron chi connectivity index (χ0n) is 14.4. The minimum atomic E-state index is -0.341. The molecule has 1 aromatic carbocycles. The number of nitrogens with one attached hydrogen (secondary N) is 1. The second-order valence-corrected chi connectivity index (χ2v) is 6.41. The highest BCUT2D eigenvalue weighted by molar-refractivity contribution is 5.99. The van der Waals surface area contributed by atoms with Gasteiger partial charge in [0.2, 0.25) is 0 Å². The minimum Gasteiger partial charge on any atom is -0.351 e. The smallest absolute Gasteiger partial charge is 0.256 e. The summed E-state index contributed by atoms with van der Waals surface area (Å²) in [7, 11) is 0. The lowest BCUT2D eigenvalue weighted by atomic mass is 10.1. The van der Waals surface area contributed by atoms with E-state index in [0.29, 0.717) is 29.0 Å². The fourth-order valence-corrected chi connectivity index (χ4v) is 3.35. The summed E-state index contributed by atoms with van der Waals surface area (Å²) in [4.78, 5) is 19.1. The Labute approximate surface area is 150 Å². The summed E-state index contributed by atoms with van der Waals surface area (Å²) < 4.78 is 15.6. The highest BCUT2D eigenvalue weighted by atomic mass is 19.1. The molecule has 0 spiro atoms. The summed E-state index contributed by atoms with van der Waals surface area (Å²) in [5.74, 6) is -0.551. The van der Waals surface area contributed by atoms with Crippen LogP contribution in [0.1, 0.15) is 23.2 Å². The van der Waals surface area contributed by atoms with Crippen LogP contribution < -0.4 is 5.32 Å². The Bertz CT molecular complexity index is 933. The van der Waals surface area contributed by atoms with Gasteiger partial charge in [-0.05, 0) is 44.1 Å². The third-order valence-corrected chi connectivity index (χ3v) is 4.71. The summed E-state index contributed by atoms with van der Waals surface area (Å²) in [6.45, 7) is 3.63. The minimum absolute atomic E-state index is 0.211. The number of rotatable bonds is 5. The Kier molecular flexibility index (Phi) is 4.62. The van der Waals surface area contributed by atoms with Crippen molar-refractivity contribution < 1.29 is 9.18 Å². The molecule has 1 amide bonds. The SMILES string of the molecule is O=C(NCCN1CCCC1)c1cnn2c(-c3ccccc3F)ccnc12. The van der Waals surface area contributed by atoms with Crippen molar-refractivity contribution in [1.29, 1.82) is 0 Å². The van der Waals surface area contributed by atoms with Crippen molar-refractivity contribution in [2.75, 3.05) is 26.2 Å². The van der Waals surface area contributed by atoms with Crippen molar-refractivity contribution in [1.82, 2.24) is 24.8 Å². The maximum Gasteiger partial charge on any atom is 0.256 e. The number of amides is 1. The van der Waals surface area contributed by atoms with E-state index >= 15 is 0 Å². The normalized spacial score (nSPS) is 14.8. The first kappa shape index (κ1) is 16.7. The van der Waals surface area contributed by atoms with Gasteiger partial charge in [-0.1, -0.05) is 12.1 Å². The van der Waals surface area contributed by atoms with Crippen LogP contribution in [0.4, 0.5) is 4.39 Å². The van der Waals surface area contributed by atoms with Crippen molar-refractivity contribution in [3.8, 4) is 11.3 Å². The van der Waals surface area contributed by atoms with Gasteiger partial charge in [0.25, 0.3) is 5.91 Å². The Morgan fingerprint density at radius 1 is 1.19 bits per heavy atom. The number of hydrogen-bond donors (Lipinski definition) is 1. The molecule has 4 rings (SSSR count). The Balaban J connectivity index is 1.56. The lowest BCUT2D eigenvalue weighted by Gasteiger charge is -2.14. The maximum atomic E-state index is 14.1. The summed E-state index contributed by atoms with van der Waals surface area (Å²) in [6.07, 6.45) is 5.51. The van der Waals surface area contributed by atoms with Crippen molar-refractivity contribution in [3.05, 3.63) is 54.1 Å². The van der Waals surface area contributed by atoms with Crippen molar-refractivity contribution >= 4 is 11.6 Å². The summed E-state index contributed by atoms with van der Waals surface area (Å²) in [6, 6.07) is 8.17. The van der Waals surface area contributed by atoms with E-state index in [0.717, 1.165) is 19.6 Å². The summed E-state index contributed by atoms with van der Waals surface area (Å²) in [5, 5.41) is 7.19. The van der Waals surface area contributed by atoms with E-state index in [-0.39, 0.29) is 11.7 Å². The molecule has 1 aliphatic heterocycles. The van der Waals surface area contributed by atoms with Crippen LogP contribution in [0.5, 0.6) is 0 Å². The van der Waals surface area contributed by atoms with Crippen LogP contribution in [0.25, 0.3) is 16.9 Å². The fourth-order valence-electron chi connectivity index (χ4n) is 3.35. The molecule has 3 aromatic rings. The first-order valence-corrected chi connectivity index (χ1v) is 8.82. The van der Waals surface area contributed by atoms with Crippen LogP contribution in [-0.4, -0.2) is 51.6 Å². The van der Waals surface area contributed by atoms with E-state index in [1.54, 1.807) is 30.5 Å². The monoisotopic (exact) mass is 353 g/mol. The number of nitrogens with zero attached hydrogens (tertiary/aromatic N) is 4. The number of benzene rings is 1. The topological polar surface area (TPSA) is 62.5 Å². The van der Waals surface area contributed by atoms with Crippen LogP contribution in [-0.2, 0) is 0 Å². The molecule has 1 saturated heterocycles. The van der Waals surface area contributed by atoms with Crippen LogP contribution in [0.15, 0.2) is 42.7 Å². The van der Waals surface area contributed by atoms with Gasteiger partial charge in [0.05, 0.1) is 11.9 Å². The molecule has 3 heterocycles. The molecule has 0 bridgehead atoms. The Morgan fingerprint density at radius 3 is 2.81 bits per heavy atom. The van der Waals surface area contributed by atoms with Crippen LogP contribution in [0.3, 0.4) is 0 Å². The first-order chi connectivity index (χ1) is 12.7. The number of carbonyl (C=O) groups is 1. The molecule has 0 radical (unpaired) electrons. The molecular formula is C19H20FN5O. The third kappa shape index (κ3) is 3.17. The quantitative estimate of drug-likeness (QED) is 0.765. The third-order valence-electron chi connectivity index (χ3n) is 4.71. The molecular weight excluding hydrogens is 333 g/mol. The van der Waals surface area contributed by atoms with Gasteiger partial charge >= 0.3 is 0 Å². The number of aromatic nitrogens is 3. The molecule has 1 fully saturated rings. The molecule has 1 aliphatic rings. The largest absolute Gasteiger partial charge is 0.351 e. The maximum absolute atomic E-state index is 14.1. The lowest BCUT2D eigenvalue weighted by Crippen LogP contribution is -2.33. The molecule has 134 valence electrons. The average molecular weight is 353 g/mol. The second-order valence-electron chi connectivity index (χ2n) is 6.41. The standard InChI is InChI=1S/C19H20FN5O/c20-16-6-2-1-5-14(16)17-7-8-21-18-15(13-23-25(17)18)19(26)22-9-12-24-10-3-4-11-24/h1-2,5-8,13H,3-4,9-12H2,(H,22,26). The first-order valence-electron chi connectivity index (χ1n) is 8.82. The molecule has 2 aromatic heterocycles.